The summed E-state index contributed by atoms with van der Waals surface area (Å²) >= 11 is 1.75. The Balaban J connectivity index is 1.27. The fraction of sp³-hybridized carbons (Fsp3) is 0. The molecule has 0 spiro atoms. The number of nitrogens with zero attached hydrogens (tertiary/aromatic N) is 2. The molecule has 9 aromatic carbocycles. The minimum Gasteiger partial charge on any atom is -0.309 e. The van der Waals surface area contributed by atoms with E-state index in [0.717, 1.165) is 64.3 Å². The van der Waals surface area contributed by atoms with E-state index in [1.54, 1.807) is 11.3 Å². The van der Waals surface area contributed by atoms with Gasteiger partial charge in [-0.2, -0.15) is 0 Å². The van der Waals surface area contributed by atoms with Crippen molar-refractivity contribution in [3.8, 4) is 11.4 Å². The van der Waals surface area contributed by atoms with Gasteiger partial charge in [-0.25, -0.2) is 0 Å². The second kappa shape index (κ2) is 13.0. The van der Waals surface area contributed by atoms with E-state index < -0.39 is 8.07 Å². The molecule has 0 aliphatic heterocycles. The third-order valence-corrected chi connectivity index (χ3v) is 17.9. The lowest BCUT2D eigenvalue weighted by Gasteiger charge is -2.34. The number of para-hydroxylation sites is 3. The number of hydrogen-bond donors (Lipinski definition) is 0. The summed E-state index contributed by atoms with van der Waals surface area (Å²) in [6.45, 7) is 0. The highest BCUT2D eigenvalue weighted by molar-refractivity contribution is 7.26. The van der Waals surface area contributed by atoms with E-state index in [9.17, 15) is 2.74 Å². The maximum atomic E-state index is 9.67. The molecule has 4 heteroatoms. The molecule has 2 nitrogen and oxygen atoms in total. The second-order valence-corrected chi connectivity index (χ2v) is 19.8. The number of rotatable bonds is 6. The topological polar surface area (TPSA) is 9.86 Å². The lowest BCUT2D eigenvalue weighted by molar-refractivity contribution is 1.18. The van der Waals surface area contributed by atoms with Gasteiger partial charge in [0.1, 0.15) is 0 Å². The number of aromatic nitrogens is 2. The molecule has 0 atom stereocenters. The maximum Gasteiger partial charge on any atom is 0.179 e. The molecular formula is C54H36N2SSi. The van der Waals surface area contributed by atoms with Gasteiger partial charge < -0.3 is 9.13 Å². The van der Waals surface area contributed by atoms with E-state index in [-0.39, 0.29) is 24.2 Å². The molecule has 12 aromatic rings. The van der Waals surface area contributed by atoms with Crippen molar-refractivity contribution in [2.24, 2.45) is 0 Å². The molecule has 0 saturated carbocycles. The minimum absolute atomic E-state index is 0.0467. The quantitative estimate of drug-likeness (QED) is 0.118. The largest absolute Gasteiger partial charge is 0.309 e. The fourth-order valence-electron chi connectivity index (χ4n) is 9.62. The van der Waals surface area contributed by atoms with Gasteiger partial charge in [-0.15, -0.1) is 11.3 Å². The highest BCUT2D eigenvalue weighted by Gasteiger charge is 2.41. The van der Waals surface area contributed by atoms with Crippen molar-refractivity contribution in [3.05, 3.63) is 218 Å². The average Bonchev–Trinajstić information content (AvgIpc) is 4.00. The number of benzene rings is 9. The van der Waals surface area contributed by atoms with Crippen LogP contribution in [0.5, 0.6) is 0 Å². The highest BCUT2D eigenvalue weighted by atomic mass is 32.1. The van der Waals surface area contributed by atoms with Crippen LogP contribution in [0.2, 0.25) is 0 Å². The summed E-state index contributed by atoms with van der Waals surface area (Å²) in [7, 11) is -2.97. The van der Waals surface area contributed by atoms with Crippen LogP contribution in [0.4, 0.5) is 0 Å². The molecule has 3 heterocycles. The van der Waals surface area contributed by atoms with Gasteiger partial charge in [0, 0.05) is 42.7 Å². The van der Waals surface area contributed by atoms with E-state index in [0.29, 0.717) is 10.9 Å². The van der Waals surface area contributed by atoms with Crippen molar-refractivity contribution in [2.75, 3.05) is 0 Å². The zero-order valence-corrected chi connectivity index (χ0v) is 33.1. The van der Waals surface area contributed by atoms with Crippen LogP contribution < -0.4 is 20.7 Å². The van der Waals surface area contributed by atoms with E-state index in [4.69, 9.17) is 2.74 Å². The summed E-state index contributed by atoms with van der Waals surface area (Å²) in [6.07, 6.45) is 0. The van der Waals surface area contributed by atoms with Crippen molar-refractivity contribution in [2.45, 2.75) is 0 Å². The van der Waals surface area contributed by atoms with E-state index in [1.807, 2.05) is 0 Å². The molecule has 0 fully saturated rings. The molecule has 0 bridgehead atoms. The molecule has 0 amide bonds. The van der Waals surface area contributed by atoms with E-state index >= 15 is 0 Å². The normalized spacial score (nSPS) is 13.1. The summed E-state index contributed by atoms with van der Waals surface area (Å²) in [5.74, 6) is 0. The van der Waals surface area contributed by atoms with Crippen LogP contribution in [0.15, 0.2) is 218 Å². The van der Waals surface area contributed by atoms with Crippen molar-refractivity contribution in [1.82, 2.24) is 9.13 Å². The third-order valence-electron chi connectivity index (χ3n) is 12.0. The molecule has 12 rings (SSSR count). The fourth-order valence-corrected chi connectivity index (χ4v) is 15.6. The molecule has 0 aliphatic carbocycles. The molecule has 0 unspecified atom stereocenters. The average molecular weight is 777 g/mol. The van der Waals surface area contributed by atoms with Crippen LogP contribution in [0, 0.1) is 0 Å². The predicted molar refractivity (Wildman–Crippen MR) is 252 cm³/mol. The first kappa shape index (κ1) is 29.3. The van der Waals surface area contributed by atoms with Gasteiger partial charge >= 0.3 is 0 Å². The first-order valence-electron chi connectivity index (χ1n) is 21.6. The van der Waals surface area contributed by atoms with Gasteiger partial charge in [-0.1, -0.05) is 176 Å². The van der Waals surface area contributed by atoms with Gasteiger partial charge in [-0.05, 0) is 63.2 Å². The van der Waals surface area contributed by atoms with Gasteiger partial charge in [-0.3, -0.25) is 0 Å². The van der Waals surface area contributed by atoms with E-state index in [1.165, 1.54) is 20.7 Å². The number of fused-ring (bicyclic) bond motifs is 10. The van der Waals surface area contributed by atoms with Crippen LogP contribution in [0.3, 0.4) is 0 Å². The molecule has 0 N–H and O–H groups in total. The Morgan fingerprint density at radius 3 is 1.59 bits per heavy atom. The second-order valence-electron chi connectivity index (χ2n) is 14.9. The van der Waals surface area contributed by atoms with Crippen LogP contribution >= 0.6 is 11.3 Å². The predicted octanol–water partition coefficient (Wildman–Crippen LogP) is 11.6. The Morgan fingerprint density at radius 1 is 0.414 bits per heavy atom. The van der Waals surface area contributed by atoms with Crippen molar-refractivity contribution in [1.29, 1.82) is 0 Å². The molecule has 0 aliphatic rings. The summed E-state index contributed by atoms with van der Waals surface area (Å²) in [5.41, 5.74) is 5.31. The van der Waals surface area contributed by atoms with Crippen molar-refractivity contribution in [3.63, 3.8) is 0 Å². The Morgan fingerprint density at radius 2 is 0.948 bits per heavy atom. The monoisotopic (exact) mass is 776 g/mol. The Kier molecular flexibility index (Phi) is 6.58. The minimum atomic E-state index is -2.97. The third kappa shape index (κ3) is 4.70. The van der Waals surface area contributed by atoms with Gasteiger partial charge in [0.15, 0.2) is 8.07 Å². The zero-order valence-electron chi connectivity index (χ0n) is 35.3. The first-order chi connectivity index (χ1) is 30.5. The van der Waals surface area contributed by atoms with Gasteiger partial charge in [0.2, 0.25) is 0 Å². The van der Waals surface area contributed by atoms with Gasteiger partial charge in [0.25, 0.3) is 0 Å². The van der Waals surface area contributed by atoms with Crippen molar-refractivity contribution < 1.29 is 5.48 Å². The van der Waals surface area contributed by atoms with Crippen LogP contribution in [-0.4, -0.2) is 17.2 Å². The Labute approximate surface area is 346 Å². The summed E-state index contributed by atoms with van der Waals surface area (Å²) in [6, 6.07) is 68.4. The number of thiophene rings is 1. The van der Waals surface area contributed by atoms with Crippen molar-refractivity contribution >= 4 is 104 Å². The summed E-state index contributed by atoms with van der Waals surface area (Å²) in [4.78, 5) is 0. The summed E-state index contributed by atoms with van der Waals surface area (Å²) in [5, 5.41) is 10.6. The molecule has 58 heavy (non-hydrogen) atoms. The number of hydrogen-bond acceptors (Lipinski definition) is 1. The smallest absolute Gasteiger partial charge is 0.179 e. The van der Waals surface area contributed by atoms with Crippen LogP contribution in [-0.2, 0) is 0 Å². The molecule has 272 valence electrons. The first-order valence-corrected chi connectivity index (χ1v) is 22.4. The molecule has 0 radical (unpaired) electrons. The standard InChI is InChI=1S/C54H36N2SSi/c1-4-20-38(21-5-1)58(39-22-6-2-7-23-39,40-24-8-3-9-25-40)41-26-18-19-37(35-41)55-47-31-14-12-29-44(47)46-36-50(54-52(53(46)55)45-30-13-17-34-51(45)57-54)56-48-32-15-10-27-42(48)43-28-11-16-33-49(43)56/h1-36H/i12D,14D,29D,31D. The molecule has 3 aromatic heterocycles. The van der Waals surface area contributed by atoms with E-state index in [2.05, 4.69) is 203 Å². The summed E-state index contributed by atoms with van der Waals surface area (Å²) < 4.78 is 44.1. The SMILES string of the molecule is [2H]c1c([2H])c([2H])c2c(c1[2H])c1cc(-n3c4ccccc4c4ccccc43)c3sc4ccccc4c3c1n2-c1cccc([Si](c2ccccc2)(c2ccccc2)c2ccccc2)c1. The van der Waals surface area contributed by atoms with Crippen LogP contribution in [0.25, 0.3) is 75.2 Å². The molecular weight excluding hydrogens is 737 g/mol. The lowest BCUT2D eigenvalue weighted by Crippen LogP contribution is -2.74. The maximum absolute atomic E-state index is 9.67. The highest BCUT2D eigenvalue weighted by Crippen LogP contribution is 2.47. The molecule has 0 saturated heterocycles. The Bertz CT molecular complexity index is 3600. The van der Waals surface area contributed by atoms with Crippen LogP contribution in [0.1, 0.15) is 5.48 Å². The van der Waals surface area contributed by atoms with Gasteiger partial charge in [0.05, 0.1) is 37.9 Å². The zero-order chi connectivity index (χ0) is 41.7. The Hall–Kier alpha value is -6.98. The lowest BCUT2D eigenvalue weighted by atomic mass is 10.1.